The minimum absolute atomic E-state index is 0.998. The number of rotatable bonds is 0. The maximum atomic E-state index is 4.89. The third-order valence-electron chi connectivity index (χ3n) is 4.07. The van der Waals surface area contributed by atoms with E-state index in [4.69, 9.17) is 4.98 Å². The zero-order valence-corrected chi connectivity index (χ0v) is 11.6. The Bertz CT molecular complexity index is 1000. The Morgan fingerprint density at radius 1 is 1.15 bits per heavy atom. The van der Waals surface area contributed by atoms with E-state index >= 15 is 0 Å². The Kier molecular flexibility index (Phi) is 1.97. The smallest absolute Gasteiger partial charge is 0.139 e. The summed E-state index contributed by atoms with van der Waals surface area (Å²) in [4.78, 5) is 9.81. The zero-order valence-electron chi connectivity index (χ0n) is 10.8. The third kappa shape index (κ3) is 1.30. The van der Waals surface area contributed by atoms with Crippen molar-refractivity contribution in [3.05, 3.63) is 46.8 Å². The second kappa shape index (κ2) is 3.70. The fraction of sp³-hybridized carbons (Fsp3) is 0.118. The van der Waals surface area contributed by atoms with Crippen molar-refractivity contribution in [2.24, 2.45) is 0 Å². The molecule has 0 bridgehead atoms. The average Bonchev–Trinajstić information content (AvgIpc) is 3.02. The van der Waals surface area contributed by atoms with E-state index in [1.165, 1.54) is 25.9 Å². The van der Waals surface area contributed by atoms with Crippen LogP contribution in [0.1, 0.15) is 16.9 Å². The zero-order chi connectivity index (χ0) is 13.1. The quantitative estimate of drug-likeness (QED) is 0.486. The monoisotopic (exact) mass is 276 g/mol. The highest BCUT2D eigenvalue weighted by Gasteiger charge is 2.15. The summed E-state index contributed by atoms with van der Waals surface area (Å²) in [6.45, 7) is 0. The molecule has 0 fully saturated rings. The number of hydrogen-bond acceptors (Lipinski definition) is 2. The molecule has 20 heavy (non-hydrogen) atoms. The lowest BCUT2D eigenvalue weighted by molar-refractivity contribution is 1.01. The van der Waals surface area contributed by atoms with E-state index in [0.29, 0.717) is 0 Å². The maximum Gasteiger partial charge on any atom is 0.139 e. The number of nitrogens with zero attached hydrogens (tertiary/aromatic N) is 1. The van der Waals surface area contributed by atoms with Crippen molar-refractivity contribution in [2.75, 3.05) is 0 Å². The number of aromatic amines is 1. The van der Waals surface area contributed by atoms with E-state index in [2.05, 4.69) is 47.5 Å². The summed E-state index contributed by atoms with van der Waals surface area (Å²) in [7, 11) is 0. The van der Waals surface area contributed by atoms with Crippen LogP contribution in [0.15, 0.2) is 36.4 Å². The summed E-state index contributed by atoms with van der Waals surface area (Å²) >= 11 is 1.90. The summed E-state index contributed by atoms with van der Waals surface area (Å²) in [6.07, 6.45) is 6.80. The van der Waals surface area contributed by atoms with Gasteiger partial charge in [0.2, 0.25) is 0 Å². The van der Waals surface area contributed by atoms with Gasteiger partial charge in [0.05, 0.1) is 10.2 Å². The van der Waals surface area contributed by atoms with Crippen LogP contribution in [0.25, 0.3) is 38.2 Å². The Morgan fingerprint density at radius 3 is 3.10 bits per heavy atom. The lowest BCUT2D eigenvalue weighted by atomic mass is 10.1. The van der Waals surface area contributed by atoms with Crippen molar-refractivity contribution >= 4 is 49.6 Å². The van der Waals surface area contributed by atoms with E-state index in [1.54, 1.807) is 0 Å². The molecule has 0 saturated heterocycles. The Morgan fingerprint density at radius 2 is 2.10 bits per heavy atom. The third-order valence-corrected chi connectivity index (χ3v) is 5.27. The fourth-order valence-electron chi connectivity index (χ4n) is 3.11. The lowest BCUT2D eigenvalue weighted by Crippen LogP contribution is -1.88. The summed E-state index contributed by atoms with van der Waals surface area (Å²) in [5, 5.41) is 2.49. The molecule has 1 aliphatic rings. The molecular weight excluding hydrogens is 264 g/mol. The summed E-state index contributed by atoms with van der Waals surface area (Å²) in [6, 6.07) is 10.7. The minimum Gasteiger partial charge on any atom is -0.339 e. The first kappa shape index (κ1) is 10.6. The van der Waals surface area contributed by atoms with E-state index < -0.39 is 0 Å². The van der Waals surface area contributed by atoms with Crippen LogP contribution in [-0.4, -0.2) is 9.97 Å². The number of aromatic nitrogens is 2. The van der Waals surface area contributed by atoms with E-state index in [-0.39, 0.29) is 0 Å². The van der Waals surface area contributed by atoms with Crippen LogP contribution in [0, 0.1) is 0 Å². The number of pyridine rings is 1. The molecule has 1 aromatic carbocycles. The van der Waals surface area contributed by atoms with Crippen LogP contribution < -0.4 is 0 Å². The molecule has 0 amide bonds. The Hall–Kier alpha value is -2.13. The summed E-state index contributed by atoms with van der Waals surface area (Å²) in [5.74, 6) is 0. The number of thiophene rings is 1. The second-order valence-corrected chi connectivity index (χ2v) is 6.42. The minimum atomic E-state index is 0.998. The predicted molar refractivity (Wildman–Crippen MR) is 86.3 cm³/mol. The number of hydrogen-bond donors (Lipinski definition) is 1. The van der Waals surface area contributed by atoms with Gasteiger partial charge in [-0.2, -0.15) is 0 Å². The molecule has 96 valence electrons. The van der Waals surface area contributed by atoms with Gasteiger partial charge in [0.1, 0.15) is 5.65 Å². The van der Waals surface area contributed by atoms with Gasteiger partial charge in [0, 0.05) is 26.7 Å². The Balaban J connectivity index is 1.96. The molecule has 1 aliphatic carbocycles. The molecule has 3 aromatic heterocycles. The number of benzene rings is 1. The van der Waals surface area contributed by atoms with Crippen molar-refractivity contribution in [3.8, 4) is 0 Å². The first-order chi connectivity index (χ1) is 9.90. The molecule has 5 rings (SSSR count). The van der Waals surface area contributed by atoms with Crippen LogP contribution in [0.5, 0.6) is 0 Å². The maximum absolute atomic E-state index is 4.89. The molecule has 0 unspecified atom stereocenters. The molecule has 0 aliphatic heterocycles. The first-order valence-electron chi connectivity index (χ1n) is 6.89. The van der Waals surface area contributed by atoms with Gasteiger partial charge in [-0.05, 0) is 25.0 Å². The average molecular weight is 276 g/mol. The van der Waals surface area contributed by atoms with Crippen molar-refractivity contribution in [1.82, 2.24) is 9.97 Å². The number of fused-ring (bicyclic) bond motifs is 6. The molecule has 4 aromatic rings. The highest BCUT2D eigenvalue weighted by molar-refractivity contribution is 7.19. The van der Waals surface area contributed by atoms with Crippen molar-refractivity contribution in [1.29, 1.82) is 0 Å². The van der Waals surface area contributed by atoms with Crippen molar-refractivity contribution in [3.63, 3.8) is 0 Å². The molecule has 2 nitrogen and oxygen atoms in total. The molecule has 1 N–H and O–H groups in total. The fourth-order valence-corrected chi connectivity index (χ4v) is 4.30. The van der Waals surface area contributed by atoms with Crippen molar-refractivity contribution < 1.29 is 0 Å². The van der Waals surface area contributed by atoms with Gasteiger partial charge in [-0.25, -0.2) is 4.98 Å². The molecule has 0 spiro atoms. The van der Waals surface area contributed by atoms with Crippen LogP contribution in [-0.2, 0) is 6.42 Å². The van der Waals surface area contributed by atoms with E-state index in [0.717, 1.165) is 29.5 Å². The van der Waals surface area contributed by atoms with Gasteiger partial charge in [-0.3, -0.25) is 0 Å². The van der Waals surface area contributed by atoms with Crippen LogP contribution >= 0.6 is 11.3 Å². The number of aryl methyl sites for hydroxylation is 1. The van der Waals surface area contributed by atoms with Gasteiger partial charge in [0.15, 0.2) is 0 Å². The predicted octanol–water partition coefficient (Wildman–Crippen LogP) is 4.89. The second-order valence-electron chi connectivity index (χ2n) is 5.28. The molecule has 0 radical (unpaired) electrons. The number of nitrogens with one attached hydrogen (secondary N) is 1. The van der Waals surface area contributed by atoms with Crippen molar-refractivity contribution in [2.45, 2.75) is 12.8 Å². The van der Waals surface area contributed by atoms with Gasteiger partial charge >= 0.3 is 0 Å². The van der Waals surface area contributed by atoms with Crippen LogP contribution in [0.3, 0.4) is 0 Å². The molecule has 0 saturated carbocycles. The normalized spacial score (nSPS) is 14.4. The summed E-state index contributed by atoms with van der Waals surface area (Å²) < 4.78 is 1.30. The largest absolute Gasteiger partial charge is 0.339 e. The lowest BCUT2D eigenvalue weighted by Gasteiger charge is -2.02. The number of para-hydroxylation sites is 1. The molecule has 0 atom stereocenters. The van der Waals surface area contributed by atoms with Crippen LogP contribution in [0.2, 0.25) is 0 Å². The molecular formula is C17H12N2S. The Labute approximate surface area is 119 Å². The van der Waals surface area contributed by atoms with E-state index in [9.17, 15) is 0 Å². The SMILES string of the molecule is C1=Cc2c(sc3cc4c(nc23)[nH]c2ccccc24)CC1. The highest BCUT2D eigenvalue weighted by atomic mass is 32.1. The van der Waals surface area contributed by atoms with Gasteiger partial charge in [-0.1, -0.05) is 30.4 Å². The van der Waals surface area contributed by atoms with Gasteiger partial charge in [0.25, 0.3) is 0 Å². The van der Waals surface area contributed by atoms with Gasteiger partial charge < -0.3 is 4.98 Å². The number of H-pyrrole nitrogens is 1. The first-order valence-corrected chi connectivity index (χ1v) is 7.71. The molecule has 3 heterocycles. The molecule has 3 heteroatoms. The topological polar surface area (TPSA) is 28.7 Å². The number of allylic oxidation sites excluding steroid dienone is 1. The van der Waals surface area contributed by atoms with Crippen LogP contribution in [0.4, 0.5) is 0 Å². The summed E-state index contributed by atoms with van der Waals surface area (Å²) in [5.41, 5.74) is 4.65. The highest BCUT2D eigenvalue weighted by Crippen LogP contribution is 2.37. The standard InChI is InChI=1S/C17H12N2S/c1-3-7-13-10(5-1)12-9-15-16(19-17(12)18-13)11-6-2-4-8-14(11)20-15/h1-3,5-7,9H,4,8H2,(H,18,19). The van der Waals surface area contributed by atoms with E-state index in [1.807, 2.05) is 11.3 Å². The van der Waals surface area contributed by atoms with Gasteiger partial charge in [-0.15, -0.1) is 11.3 Å².